The molecule has 32 heavy (non-hydrogen) atoms. The van der Waals surface area contributed by atoms with Crippen LogP contribution in [0.1, 0.15) is 46.1 Å². The second-order valence-corrected chi connectivity index (χ2v) is 7.77. The molecular formula is C25H31N5O2. The number of amides is 1. The van der Waals surface area contributed by atoms with Gasteiger partial charge in [0, 0.05) is 29.6 Å². The molecule has 0 aliphatic rings. The van der Waals surface area contributed by atoms with Crippen LogP contribution in [0, 0.1) is 20.8 Å². The van der Waals surface area contributed by atoms with E-state index in [9.17, 15) is 4.79 Å². The number of aromatic nitrogens is 2. The third-order valence-corrected chi connectivity index (χ3v) is 5.26. The first-order chi connectivity index (χ1) is 15.4. The summed E-state index contributed by atoms with van der Waals surface area (Å²) >= 11 is 0. The van der Waals surface area contributed by atoms with Crippen molar-refractivity contribution >= 4 is 17.6 Å². The number of hydrogen-bond acceptors (Lipinski definition) is 4. The van der Waals surface area contributed by atoms with E-state index < -0.39 is 0 Å². The molecule has 2 aromatic carbocycles. The first-order valence-corrected chi connectivity index (χ1v) is 10.8. The Hall–Kier alpha value is -3.61. The maximum atomic E-state index is 12.9. The van der Waals surface area contributed by atoms with Crippen LogP contribution in [0.5, 0.6) is 5.75 Å². The molecule has 0 saturated carbocycles. The minimum atomic E-state index is -0.216. The number of carbonyl (C=O) groups excluding carboxylic acids is 1. The number of nitrogens with zero attached hydrogens (tertiary/aromatic N) is 3. The van der Waals surface area contributed by atoms with E-state index in [1.54, 1.807) is 7.11 Å². The van der Waals surface area contributed by atoms with Gasteiger partial charge in [-0.25, -0.2) is 4.99 Å². The number of hydrogen-bond donors (Lipinski definition) is 2. The average Bonchev–Trinajstić information content (AvgIpc) is 3.13. The van der Waals surface area contributed by atoms with Gasteiger partial charge in [-0.05, 0) is 74.7 Å². The number of aryl methyl sites for hydroxylation is 4. The van der Waals surface area contributed by atoms with Crippen LogP contribution in [0.15, 0.2) is 53.7 Å². The monoisotopic (exact) mass is 433 g/mol. The number of nitrogens with one attached hydrogen (secondary N) is 2. The molecule has 1 amide bonds. The van der Waals surface area contributed by atoms with Crippen LogP contribution >= 0.6 is 0 Å². The summed E-state index contributed by atoms with van der Waals surface area (Å²) in [4.78, 5) is 17.6. The van der Waals surface area contributed by atoms with Crippen molar-refractivity contribution in [2.75, 3.05) is 12.4 Å². The molecule has 3 rings (SSSR count). The highest BCUT2D eigenvalue weighted by Crippen LogP contribution is 2.16. The van der Waals surface area contributed by atoms with Crippen molar-refractivity contribution in [1.29, 1.82) is 0 Å². The Balaban J connectivity index is 1.83. The maximum absolute atomic E-state index is 12.9. The lowest BCUT2D eigenvalue weighted by Crippen LogP contribution is -2.36. The van der Waals surface area contributed by atoms with Gasteiger partial charge in [-0.2, -0.15) is 5.10 Å². The van der Waals surface area contributed by atoms with Gasteiger partial charge >= 0.3 is 0 Å². The van der Waals surface area contributed by atoms with Gasteiger partial charge in [0.05, 0.1) is 19.3 Å². The van der Waals surface area contributed by atoms with Crippen LogP contribution < -0.4 is 15.4 Å². The summed E-state index contributed by atoms with van der Waals surface area (Å²) < 4.78 is 7.16. The summed E-state index contributed by atoms with van der Waals surface area (Å²) in [6, 6.07) is 13.1. The minimum absolute atomic E-state index is 0.216. The molecular weight excluding hydrogens is 402 g/mol. The average molecular weight is 434 g/mol. The summed E-state index contributed by atoms with van der Waals surface area (Å²) in [7, 11) is 1.63. The summed E-state index contributed by atoms with van der Waals surface area (Å²) in [5.74, 6) is 0.916. The fourth-order valence-corrected chi connectivity index (χ4v) is 3.21. The lowest BCUT2D eigenvalue weighted by atomic mass is 10.1. The maximum Gasteiger partial charge on any atom is 0.257 e. The molecule has 1 heterocycles. The van der Waals surface area contributed by atoms with E-state index in [4.69, 9.17) is 4.74 Å². The second-order valence-electron chi connectivity index (χ2n) is 7.77. The van der Waals surface area contributed by atoms with Crippen LogP contribution in [-0.2, 0) is 13.1 Å². The molecule has 0 spiro atoms. The number of carbonyl (C=O) groups is 1. The predicted molar refractivity (Wildman–Crippen MR) is 128 cm³/mol. The van der Waals surface area contributed by atoms with E-state index in [2.05, 4.69) is 27.6 Å². The van der Waals surface area contributed by atoms with Gasteiger partial charge in [0.25, 0.3) is 5.91 Å². The van der Waals surface area contributed by atoms with Crippen molar-refractivity contribution in [2.45, 2.75) is 47.2 Å². The normalized spacial score (nSPS) is 11.3. The highest BCUT2D eigenvalue weighted by Gasteiger charge is 2.12. The Morgan fingerprint density at radius 3 is 2.50 bits per heavy atom. The van der Waals surface area contributed by atoms with Crippen molar-refractivity contribution in [3.63, 3.8) is 0 Å². The smallest absolute Gasteiger partial charge is 0.257 e. The standard InChI is InChI=1S/C25H31N5O2/c1-6-13-30-16-21(19(4)29-30)15-26-25(27-22-9-11-23(32-5)12-10-22)28-24(31)20-8-7-17(2)18(3)14-20/h7-12,14,16H,6,13,15H2,1-5H3,(H2,26,27,28,31). The number of methoxy groups -OCH3 is 1. The molecule has 0 aliphatic heterocycles. The van der Waals surface area contributed by atoms with Crippen molar-refractivity contribution < 1.29 is 9.53 Å². The lowest BCUT2D eigenvalue weighted by molar-refractivity contribution is 0.0977. The van der Waals surface area contributed by atoms with Crippen molar-refractivity contribution in [2.24, 2.45) is 4.99 Å². The Labute approximate surface area is 189 Å². The van der Waals surface area contributed by atoms with Crippen LogP contribution in [0.3, 0.4) is 0 Å². The van der Waals surface area contributed by atoms with Gasteiger partial charge in [-0.1, -0.05) is 13.0 Å². The van der Waals surface area contributed by atoms with E-state index in [0.717, 1.165) is 46.8 Å². The van der Waals surface area contributed by atoms with Crippen LogP contribution in [-0.4, -0.2) is 28.8 Å². The molecule has 7 heteroatoms. The number of anilines is 1. The van der Waals surface area contributed by atoms with Crippen LogP contribution in [0.25, 0.3) is 0 Å². The highest BCUT2D eigenvalue weighted by molar-refractivity contribution is 6.10. The van der Waals surface area contributed by atoms with Crippen LogP contribution in [0.2, 0.25) is 0 Å². The molecule has 0 bridgehead atoms. The van der Waals surface area contributed by atoms with Gasteiger partial charge < -0.3 is 10.1 Å². The molecule has 168 valence electrons. The Kier molecular flexibility index (Phi) is 7.65. The first kappa shape index (κ1) is 23.1. The number of guanidine groups is 1. The Morgan fingerprint density at radius 2 is 1.84 bits per heavy atom. The fourth-order valence-electron chi connectivity index (χ4n) is 3.21. The van der Waals surface area contributed by atoms with Gasteiger partial charge in [0.15, 0.2) is 0 Å². The van der Waals surface area contributed by atoms with E-state index in [1.165, 1.54) is 0 Å². The molecule has 0 aliphatic carbocycles. The molecule has 3 aromatic rings. The molecule has 0 atom stereocenters. The molecule has 2 N–H and O–H groups in total. The zero-order valence-corrected chi connectivity index (χ0v) is 19.4. The minimum Gasteiger partial charge on any atom is -0.497 e. The summed E-state index contributed by atoms with van der Waals surface area (Å²) in [6.07, 6.45) is 3.03. The fraction of sp³-hybridized carbons (Fsp3) is 0.320. The molecule has 0 radical (unpaired) electrons. The molecule has 0 fully saturated rings. The molecule has 1 aromatic heterocycles. The number of rotatable bonds is 7. The summed E-state index contributed by atoms with van der Waals surface area (Å²) in [5, 5.41) is 10.7. The van der Waals surface area contributed by atoms with E-state index in [1.807, 2.05) is 74.1 Å². The number of benzene rings is 2. The number of aliphatic imine (C=N–C) groups is 1. The first-order valence-electron chi connectivity index (χ1n) is 10.8. The lowest BCUT2D eigenvalue weighted by Gasteiger charge is -2.13. The highest BCUT2D eigenvalue weighted by atomic mass is 16.5. The predicted octanol–water partition coefficient (Wildman–Crippen LogP) is 4.63. The van der Waals surface area contributed by atoms with Crippen molar-refractivity contribution in [3.8, 4) is 5.75 Å². The number of ether oxygens (including phenoxy) is 1. The quantitative estimate of drug-likeness (QED) is 0.421. The van der Waals surface area contributed by atoms with Gasteiger partial charge in [0.1, 0.15) is 5.75 Å². The molecule has 0 unspecified atom stereocenters. The Morgan fingerprint density at radius 1 is 1.09 bits per heavy atom. The van der Waals surface area contributed by atoms with E-state index in [-0.39, 0.29) is 5.91 Å². The molecule has 7 nitrogen and oxygen atoms in total. The second kappa shape index (κ2) is 10.6. The third-order valence-electron chi connectivity index (χ3n) is 5.26. The zero-order valence-electron chi connectivity index (χ0n) is 19.4. The van der Waals surface area contributed by atoms with Gasteiger partial charge in [-0.15, -0.1) is 0 Å². The summed E-state index contributed by atoms with van der Waals surface area (Å²) in [5.41, 5.74) is 5.55. The van der Waals surface area contributed by atoms with E-state index in [0.29, 0.717) is 18.1 Å². The van der Waals surface area contributed by atoms with Crippen LogP contribution in [0.4, 0.5) is 5.69 Å². The Bertz CT molecular complexity index is 1100. The third kappa shape index (κ3) is 5.97. The zero-order chi connectivity index (χ0) is 23.1. The molecule has 0 saturated heterocycles. The van der Waals surface area contributed by atoms with Crippen molar-refractivity contribution in [3.05, 3.63) is 76.6 Å². The van der Waals surface area contributed by atoms with E-state index >= 15 is 0 Å². The van der Waals surface area contributed by atoms with Gasteiger partial charge in [0.2, 0.25) is 5.96 Å². The largest absolute Gasteiger partial charge is 0.497 e. The van der Waals surface area contributed by atoms with Gasteiger partial charge in [-0.3, -0.25) is 14.8 Å². The summed E-state index contributed by atoms with van der Waals surface area (Å²) in [6.45, 7) is 9.38. The SMILES string of the molecule is CCCn1cc(CN=C(NC(=O)c2ccc(C)c(C)c2)Nc2ccc(OC)cc2)c(C)n1. The van der Waals surface area contributed by atoms with Crippen molar-refractivity contribution in [1.82, 2.24) is 15.1 Å². The topological polar surface area (TPSA) is 80.5 Å².